The zero-order chi connectivity index (χ0) is 17.7. The Morgan fingerprint density at radius 1 is 1.17 bits per heavy atom. The smallest absolute Gasteiger partial charge is 0.342 e. The second-order valence-electron chi connectivity index (χ2n) is 5.84. The van der Waals surface area contributed by atoms with Gasteiger partial charge in [-0.05, 0) is 38.8 Å². The van der Waals surface area contributed by atoms with Crippen molar-refractivity contribution in [2.75, 3.05) is 6.61 Å². The van der Waals surface area contributed by atoms with Gasteiger partial charge >= 0.3 is 5.97 Å². The predicted octanol–water partition coefficient (Wildman–Crippen LogP) is 3.63. The van der Waals surface area contributed by atoms with Crippen LogP contribution in [-0.2, 0) is 9.53 Å². The van der Waals surface area contributed by atoms with Crippen LogP contribution < -0.4 is 5.32 Å². The first-order chi connectivity index (χ1) is 11.4. The summed E-state index contributed by atoms with van der Waals surface area (Å²) in [4.78, 5) is 24.1. The predicted molar refractivity (Wildman–Crippen MR) is 90.8 cm³/mol. The number of ether oxygens (including phenoxy) is 1. The van der Waals surface area contributed by atoms with Gasteiger partial charge in [0, 0.05) is 0 Å². The molecule has 1 atom stereocenters. The molecule has 1 N–H and O–H groups in total. The number of aryl methyl sites for hydroxylation is 3. The van der Waals surface area contributed by atoms with Crippen LogP contribution in [0.1, 0.15) is 52.4 Å². The molecule has 0 fully saturated rings. The molecular weight excluding hydrogens is 306 g/mol. The van der Waals surface area contributed by atoms with Crippen LogP contribution in [-0.4, -0.2) is 18.5 Å². The lowest BCUT2D eigenvalue weighted by atomic mass is 10.0. The molecule has 24 heavy (non-hydrogen) atoms. The molecule has 5 nitrogen and oxygen atoms in total. The van der Waals surface area contributed by atoms with Gasteiger partial charge in [0.2, 0.25) is 0 Å². The fourth-order valence-corrected chi connectivity index (χ4v) is 2.50. The van der Waals surface area contributed by atoms with Gasteiger partial charge in [-0.1, -0.05) is 36.8 Å². The van der Waals surface area contributed by atoms with Crippen molar-refractivity contribution in [1.29, 1.82) is 0 Å². The van der Waals surface area contributed by atoms with E-state index in [-0.39, 0.29) is 18.6 Å². The average molecular weight is 329 g/mol. The van der Waals surface area contributed by atoms with Gasteiger partial charge in [0.05, 0.1) is 6.04 Å². The Labute approximate surface area is 142 Å². The Morgan fingerprint density at radius 3 is 2.38 bits per heavy atom. The number of hydrogen-bond acceptors (Lipinski definition) is 4. The first-order valence-corrected chi connectivity index (χ1v) is 8.00. The molecule has 0 radical (unpaired) electrons. The van der Waals surface area contributed by atoms with Crippen LogP contribution >= 0.6 is 0 Å². The summed E-state index contributed by atoms with van der Waals surface area (Å²) in [6.07, 6.45) is 0.753. The second kappa shape index (κ2) is 7.81. The third-order valence-corrected chi connectivity index (χ3v) is 3.82. The number of furan rings is 1. The highest BCUT2D eigenvalue weighted by molar-refractivity contribution is 5.92. The van der Waals surface area contributed by atoms with E-state index in [1.54, 1.807) is 19.9 Å². The van der Waals surface area contributed by atoms with Crippen molar-refractivity contribution in [3.8, 4) is 0 Å². The van der Waals surface area contributed by atoms with Gasteiger partial charge < -0.3 is 14.5 Å². The highest BCUT2D eigenvalue weighted by Gasteiger charge is 2.18. The maximum atomic E-state index is 12.1. The van der Waals surface area contributed by atoms with Gasteiger partial charge in [0.1, 0.15) is 17.1 Å². The maximum Gasteiger partial charge on any atom is 0.342 e. The van der Waals surface area contributed by atoms with Gasteiger partial charge in [-0.25, -0.2) is 4.79 Å². The molecule has 128 valence electrons. The largest absolute Gasteiger partial charge is 0.466 e. The average Bonchev–Trinajstić information content (AvgIpc) is 2.90. The van der Waals surface area contributed by atoms with E-state index < -0.39 is 5.97 Å². The summed E-state index contributed by atoms with van der Waals surface area (Å²) < 4.78 is 10.4. The Kier molecular flexibility index (Phi) is 5.79. The van der Waals surface area contributed by atoms with Crippen molar-refractivity contribution >= 4 is 11.9 Å². The van der Waals surface area contributed by atoms with E-state index in [0.29, 0.717) is 17.1 Å². The quantitative estimate of drug-likeness (QED) is 0.822. The van der Waals surface area contributed by atoms with E-state index in [1.165, 1.54) is 5.56 Å². The number of carbonyl (C=O) groups excluding carboxylic acids is 2. The van der Waals surface area contributed by atoms with E-state index in [0.717, 1.165) is 12.0 Å². The summed E-state index contributed by atoms with van der Waals surface area (Å²) in [6.45, 7) is 7.14. The zero-order valence-corrected chi connectivity index (χ0v) is 14.5. The third kappa shape index (κ3) is 4.47. The lowest BCUT2D eigenvalue weighted by Crippen LogP contribution is -2.32. The van der Waals surface area contributed by atoms with Crippen molar-refractivity contribution in [3.63, 3.8) is 0 Å². The lowest BCUT2D eigenvalue weighted by molar-refractivity contribution is -0.125. The number of benzene rings is 1. The van der Waals surface area contributed by atoms with Crippen LogP contribution in [0.5, 0.6) is 0 Å². The summed E-state index contributed by atoms with van der Waals surface area (Å²) >= 11 is 0. The van der Waals surface area contributed by atoms with Gasteiger partial charge in [-0.2, -0.15) is 0 Å². The molecule has 0 bridgehead atoms. The van der Waals surface area contributed by atoms with Gasteiger partial charge in [-0.3, -0.25) is 4.79 Å². The Hall–Kier alpha value is -2.56. The Balaban J connectivity index is 1.91. The second-order valence-corrected chi connectivity index (χ2v) is 5.84. The molecule has 0 spiro atoms. The van der Waals surface area contributed by atoms with E-state index in [2.05, 4.69) is 5.32 Å². The normalized spacial score (nSPS) is 11.8. The minimum absolute atomic E-state index is 0.102. The molecule has 0 unspecified atom stereocenters. The van der Waals surface area contributed by atoms with Crippen LogP contribution in [0.25, 0.3) is 0 Å². The van der Waals surface area contributed by atoms with Gasteiger partial charge in [0.15, 0.2) is 6.61 Å². The minimum atomic E-state index is -0.553. The first-order valence-electron chi connectivity index (χ1n) is 8.00. The Bertz CT molecular complexity index is 715. The fraction of sp³-hybridized carbons (Fsp3) is 0.368. The van der Waals surface area contributed by atoms with Crippen molar-refractivity contribution in [2.24, 2.45) is 0 Å². The van der Waals surface area contributed by atoms with Crippen LogP contribution in [0.4, 0.5) is 0 Å². The summed E-state index contributed by atoms with van der Waals surface area (Å²) in [7, 11) is 0. The standard InChI is InChI=1S/C19H23NO4/c1-5-17(15-8-6-12(2)7-9-15)20-18(21)11-23-19(22)16-10-13(3)24-14(16)4/h6-10,17H,5,11H2,1-4H3,(H,20,21)/t17-/m1/s1. The number of rotatable bonds is 6. The monoisotopic (exact) mass is 329 g/mol. The topological polar surface area (TPSA) is 68.5 Å². The molecule has 0 saturated carbocycles. The number of hydrogen-bond donors (Lipinski definition) is 1. The molecule has 0 saturated heterocycles. The lowest BCUT2D eigenvalue weighted by Gasteiger charge is -2.17. The van der Waals surface area contributed by atoms with Crippen molar-refractivity contribution in [3.05, 3.63) is 58.5 Å². The number of amides is 1. The SMILES string of the molecule is CC[C@@H](NC(=O)COC(=O)c1cc(C)oc1C)c1ccc(C)cc1. The molecule has 0 aliphatic heterocycles. The van der Waals surface area contributed by atoms with Gasteiger partial charge in [0.25, 0.3) is 5.91 Å². The fourth-order valence-electron chi connectivity index (χ4n) is 2.50. The number of nitrogens with one attached hydrogen (secondary N) is 1. The molecule has 1 amide bonds. The first kappa shape index (κ1) is 17.8. The maximum absolute atomic E-state index is 12.1. The molecule has 2 aromatic rings. The van der Waals surface area contributed by atoms with Crippen molar-refractivity contribution in [1.82, 2.24) is 5.32 Å². The zero-order valence-electron chi connectivity index (χ0n) is 14.5. The van der Waals surface area contributed by atoms with E-state index in [9.17, 15) is 9.59 Å². The molecule has 0 aliphatic carbocycles. The van der Waals surface area contributed by atoms with Crippen LogP contribution in [0.2, 0.25) is 0 Å². The highest BCUT2D eigenvalue weighted by Crippen LogP contribution is 2.17. The van der Waals surface area contributed by atoms with E-state index in [1.807, 2.05) is 38.1 Å². The van der Waals surface area contributed by atoms with Gasteiger partial charge in [-0.15, -0.1) is 0 Å². The van der Waals surface area contributed by atoms with E-state index >= 15 is 0 Å². The molecule has 0 aliphatic rings. The number of carbonyl (C=O) groups is 2. The molecular formula is C19H23NO4. The minimum Gasteiger partial charge on any atom is -0.466 e. The molecule has 5 heteroatoms. The van der Waals surface area contributed by atoms with Crippen LogP contribution in [0.15, 0.2) is 34.7 Å². The summed E-state index contributed by atoms with van der Waals surface area (Å²) in [5.74, 6) is 0.245. The Morgan fingerprint density at radius 2 is 1.83 bits per heavy atom. The van der Waals surface area contributed by atoms with Crippen LogP contribution in [0.3, 0.4) is 0 Å². The molecule has 2 rings (SSSR count). The molecule has 1 aromatic heterocycles. The third-order valence-electron chi connectivity index (χ3n) is 3.82. The molecule has 1 aromatic carbocycles. The van der Waals surface area contributed by atoms with E-state index in [4.69, 9.17) is 9.15 Å². The highest BCUT2D eigenvalue weighted by atomic mass is 16.5. The summed E-state index contributed by atoms with van der Waals surface area (Å²) in [6, 6.07) is 9.51. The van der Waals surface area contributed by atoms with Crippen molar-refractivity contribution < 1.29 is 18.7 Å². The van der Waals surface area contributed by atoms with Crippen LogP contribution in [0, 0.1) is 20.8 Å². The molecule has 1 heterocycles. The summed E-state index contributed by atoms with van der Waals surface area (Å²) in [5, 5.41) is 2.89. The van der Waals surface area contributed by atoms with Crippen molar-refractivity contribution in [2.45, 2.75) is 40.2 Å². The number of esters is 1. The summed E-state index contributed by atoms with van der Waals surface area (Å²) in [5.41, 5.74) is 2.55.